The quantitative estimate of drug-likeness (QED) is 0.179. The van der Waals surface area contributed by atoms with E-state index in [0.29, 0.717) is 31.0 Å². The Labute approximate surface area is 189 Å². The molecule has 1 saturated heterocycles. The van der Waals surface area contributed by atoms with Gasteiger partial charge in [0.15, 0.2) is 5.96 Å². The molecule has 0 radical (unpaired) electrons. The zero-order chi connectivity index (χ0) is 19.6. The molecule has 0 amide bonds. The summed E-state index contributed by atoms with van der Waals surface area (Å²) in [5.74, 6) is 1.40. The molecule has 1 heterocycles. The topological polar surface area (TPSA) is 75.2 Å². The van der Waals surface area contributed by atoms with Crippen LogP contribution in [0.15, 0.2) is 23.2 Å². The van der Waals surface area contributed by atoms with Gasteiger partial charge in [-0.05, 0) is 38.0 Å². The van der Waals surface area contributed by atoms with Gasteiger partial charge in [-0.25, -0.2) is 0 Å². The second-order valence-corrected chi connectivity index (χ2v) is 6.74. The van der Waals surface area contributed by atoms with Gasteiger partial charge in [0.1, 0.15) is 5.75 Å². The summed E-state index contributed by atoms with van der Waals surface area (Å²) < 4.78 is 10.4. The Hall–Kier alpha value is -1.42. The van der Waals surface area contributed by atoms with E-state index >= 15 is 0 Å². The first-order chi connectivity index (χ1) is 13.1. The Morgan fingerprint density at radius 2 is 2.21 bits per heavy atom. The number of guanidine groups is 1. The van der Waals surface area contributed by atoms with Gasteiger partial charge in [0, 0.05) is 44.2 Å². The van der Waals surface area contributed by atoms with Crippen molar-refractivity contribution in [3.8, 4) is 5.75 Å². The molecule has 7 nitrogen and oxygen atoms in total. The number of hydrogen-bond acceptors (Lipinski definition) is 5. The zero-order valence-electron chi connectivity index (χ0n) is 16.7. The van der Waals surface area contributed by atoms with E-state index in [0.717, 1.165) is 36.9 Å². The summed E-state index contributed by atoms with van der Waals surface area (Å²) in [6.45, 7) is 4.64. The number of benzene rings is 1. The van der Waals surface area contributed by atoms with Crippen LogP contribution < -0.4 is 20.3 Å². The van der Waals surface area contributed by atoms with Crippen molar-refractivity contribution < 1.29 is 14.3 Å². The Morgan fingerprint density at radius 3 is 2.89 bits per heavy atom. The number of nitrogens with zero attached hydrogens (tertiary/aromatic N) is 2. The Bertz CT molecular complexity index is 660. The van der Waals surface area contributed by atoms with Crippen molar-refractivity contribution in [2.75, 3.05) is 45.3 Å². The summed E-state index contributed by atoms with van der Waals surface area (Å²) in [6, 6.07) is 5.93. The second kappa shape index (κ2) is 12.9. The van der Waals surface area contributed by atoms with Gasteiger partial charge in [-0.3, -0.25) is 9.79 Å². The smallest absolute Gasteiger partial charge is 0.305 e. The lowest BCUT2D eigenvalue weighted by molar-refractivity contribution is -0.143. The van der Waals surface area contributed by atoms with Crippen LogP contribution >= 0.6 is 35.6 Å². The molecule has 1 fully saturated rings. The van der Waals surface area contributed by atoms with E-state index in [1.54, 1.807) is 14.2 Å². The van der Waals surface area contributed by atoms with Gasteiger partial charge in [0.2, 0.25) is 0 Å². The van der Waals surface area contributed by atoms with Gasteiger partial charge in [-0.1, -0.05) is 11.6 Å². The summed E-state index contributed by atoms with van der Waals surface area (Å²) in [6.07, 6.45) is 2.10. The first-order valence-electron chi connectivity index (χ1n) is 9.28. The van der Waals surface area contributed by atoms with Crippen molar-refractivity contribution >= 4 is 53.2 Å². The monoisotopic (exact) mass is 524 g/mol. The number of rotatable bonds is 8. The third kappa shape index (κ3) is 7.54. The number of methoxy groups -OCH3 is 1. The van der Waals surface area contributed by atoms with Crippen molar-refractivity contribution in [1.29, 1.82) is 0 Å². The second-order valence-electron chi connectivity index (χ2n) is 6.30. The molecule has 0 spiro atoms. The molecule has 1 aliphatic rings. The fourth-order valence-corrected chi connectivity index (χ4v) is 3.23. The van der Waals surface area contributed by atoms with E-state index in [2.05, 4.69) is 20.5 Å². The average Bonchev–Trinajstić information content (AvgIpc) is 3.12. The maximum atomic E-state index is 11.4. The highest BCUT2D eigenvalue weighted by molar-refractivity contribution is 14.0. The van der Waals surface area contributed by atoms with Crippen molar-refractivity contribution in [3.63, 3.8) is 0 Å². The first kappa shape index (κ1) is 24.6. The molecule has 0 aliphatic carbocycles. The molecule has 9 heteroatoms. The standard InChI is InChI=1S/C19H29ClN4O3.HI/c1-4-27-18(25)6-5-10-22-19(21-2)23-15-9-11-24(13-15)16-12-14(20)7-8-17(16)26-3;/h7-8,12,15H,4-6,9-11,13H2,1-3H3,(H2,21,22,23);1H. The number of anilines is 1. The molecular formula is C19H30ClIN4O3. The maximum absolute atomic E-state index is 11.4. The van der Waals surface area contributed by atoms with Crippen molar-refractivity contribution in [1.82, 2.24) is 10.6 Å². The van der Waals surface area contributed by atoms with Gasteiger partial charge >= 0.3 is 5.97 Å². The minimum absolute atomic E-state index is 0. The first-order valence-corrected chi connectivity index (χ1v) is 9.66. The van der Waals surface area contributed by atoms with E-state index in [-0.39, 0.29) is 36.0 Å². The lowest BCUT2D eigenvalue weighted by Crippen LogP contribution is -2.44. The minimum Gasteiger partial charge on any atom is -0.495 e. The third-order valence-electron chi connectivity index (χ3n) is 4.39. The van der Waals surface area contributed by atoms with Gasteiger partial charge < -0.3 is 25.0 Å². The van der Waals surface area contributed by atoms with Crippen molar-refractivity contribution in [2.45, 2.75) is 32.2 Å². The van der Waals surface area contributed by atoms with E-state index in [4.69, 9.17) is 21.1 Å². The van der Waals surface area contributed by atoms with Crippen molar-refractivity contribution in [2.24, 2.45) is 4.99 Å². The molecule has 0 bridgehead atoms. The molecule has 158 valence electrons. The van der Waals surface area contributed by atoms with Crippen LogP contribution in [-0.4, -0.2) is 58.4 Å². The van der Waals surface area contributed by atoms with Crippen LogP contribution in [0, 0.1) is 0 Å². The largest absolute Gasteiger partial charge is 0.495 e. The molecule has 1 unspecified atom stereocenters. The predicted octanol–water partition coefficient (Wildman–Crippen LogP) is 3.05. The SMILES string of the molecule is CCOC(=O)CCCNC(=NC)NC1CCN(c2cc(Cl)ccc2OC)C1.I. The Kier molecular flexibility index (Phi) is 11.4. The molecule has 0 aromatic heterocycles. The van der Waals surface area contributed by atoms with E-state index < -0.39 is 0 Å². The lowest BCUT2D eigenvalue weighted by Gasteiger charge is -2.22. The fraction of sp³-hybridized carbons (Fsp3) is 0.579. The molecule has 0 saturated carbocycles. The van der Waals surface area contributed by atoms with Gasteiger partial charge in [-0.2, -0.15) is 0 Å². The summed E-state index contributed by atoms with van der Waals surface area (Å²) in [5.41, 5.74) is 1.01. The number of carbonyl (C=O) groups excluding carboxylic acids is 1. The predicted molar refractivity (Wildman–Crippen MR) is 124 cm³/mol. The van der Waals surface area contributed by atoms with Crippen LogP contribution in [0.5, 0.6) is 5.75 Å². The molecule has 1 aromatic carbocycles. The van der Waals surface area contributed by atoms with Gasteiger partial charge in [0.25, 0.3) is 0 Å². The third-order valence-corrected chi connectivity index (χ3v) is 4.62. The molecule has 1 aromatic rings. The van der Waals surface area contributed by atoms with Crippen LogP contribution in [0.25, 0.3) is 0 Å². The van der Waals surface area contributed by atoms with E-state index in [1.165, 1.54) is 0 Å². The highest BCUT2D eigenvalue weighted by Gasteiger charge is 2.25. The minimum atomic E-state index is -0.163. The molecule has 2 rings (SSSR count). The number of ether oxygens (including phenoxy) is 2. The van der Waals surface area contributed by atoms with Gasteiger partial charge in [0.05, 0.1) is 19.4 Å². The number of esters is 1. The van der Waals surface area contributed by atoms with Crippen molar-refractivity contribution in [3.05, 3.63) is 23.2 Å². The summed E-state index contributed by atoms with van der Waals surface area (Å²) >= 11 is 6.15. The molecule has 2 N–H and O–H groups in total. The number of halogens is 2. The summed E-state index contributed by atoms with van der Waals surface area (Å²) in [4.78, 5) is 17.9. The number of carbonyl (C=O) groups is 1. The number of hydrogen-bond donors (Lipinski definition) is 2. The van der Waals surface area contributed by atoms with Crippen LogP contribution in [0.4, 0.5) is 5.69 Å². The molecule has 1 aliphatic heterocycles. The van der Waals surface area contributed by atoms with Crippen LogP contribution in [0.1, 0.15) is 26.2 Å². The van der Waals surface area contributed by atoms with E-state index in [9.17, 15) is 4.79 Å². The summed E-state index contributed by atoms with van der Waals surface area (Å²) in [5, 5.41) is 7.38. The molecule has 1 atom stereocenters. The zero-order valence-corrected chi connectivity index (χ0v) is 19.8. The van der Waals surface area contributed by atoms with Crippen LogP contribution in [0.3, 0.4) is 0 Å². The van der Waals surface area contributed by atoms with Crippen LogP contribution in [0.2, 0.25) is 5.02 Å². The Balaban J connectivity index is 0.00000392. The van der Waals surface area contributed by atoms with Gasteiger partial charge in [-0.15, -0.1) is 24.0 Å². The molecule has 28 heavy (non-hydrogen) atoms. The average molecular weight is 525 g/mol. The maximum Gasteiger partial charge on any atom is 0.305 e. The number of nitrogens with one attached hydrogen (secondary N) is 2. The summed E-state index contributed by atoms with van der Waals surface area (Å²) in [7, 11) is 3.41. The Morgan fingerprint density at radius 1 is 1.43 bits per heavy atom. The van der Waals surface area contributed by atoms with E-state index in [1.807, 2.05) is 25.1 Å². The normalized spacial score (nSPS) is 16.4. The lowest BCUT2D eigenvalue weighted by atomic mass is 10.2. The number of aliphatic imine (C=N–C) groups is 1. The van der Waals surface area contributed by atoms with Crippen LogP contribution in [-0.2, 0) is 9.53 Å². The fourth-order valence-electron chi connectivity index (χ4n) is 3.07. The highest BCUT2D eigenvalue weighted by Crippen LogP contribution is 2.33. The highest BCUT2D eigenvalue weighted by atomic mass is 127. The molecular weight excluding hydrogens is 495 g/mol.